The maximum atomic E-state index is 13.5. The van der Waals surface area contributed by atoms with Gasteiger partial charge in [-0.1, -0.05) is 124 Å². The molecule has 0 amide bonds. The molecule has 0 N–H and O–H groups in total. The van der Waals surface area contributed by atoms with E-state index in [0.29, 0.717) is 5.56 Å². The van der Waals surface area contributed by atoms with Gasteiger partial charge in [0.25, 0.3) is 5.69 Å². The lowest BCUT2D eigenvalue weighted by Crippen LogP contribution is -2.19. The quantitative estimate of drug-likeness (QED) is 0.115. The summed E-state index contributed by atoms with van der Waals surface area (Å²) in [6.07, 6.45) is 0.164. The third-order valence-corrected chi connectivity index (χ3v) is 9.35. The lowest BCUT2D eigenvalue weighted by Gasteiger charge is -2.22. The van der Waals surface area contributed by atoms with Crippen LogP contribution in [0.2, 0.25) is 0 Å². The molecule has 4 rings (SSSR count). The van der Waals surface area contributed by atoms with Gasteiger partial charge in [0.15, 0.2) is 9.84 Å². The molecule has 0 radical (unpaired) electrons. The van der Waals surface area contributed by atoms with Crippen LogP contribution < -0.4 is 0 Å². The van der Waals surface area contributed by atoms with Crippen LogP contribution in [-0.2, 0) is 20.7 Å². The third kappa shape index (κ3) is 9.93. The van der Waals surface area contributed by atoms with Crippen molar-refractivity contribution in [2.24, 2.45) is 0 Å². The Hall–Kier alpha value is -4.65. The molecule has 240 valence electrons. The Morgan fingerprint density at radius 2 is 1.11 bits per heavy atom. The molecule has 1 atom stereocenters. The normalized spacial score (nSPS) is 11.5. The first-order chi connectivity index (χ1) is 21.9. The summed E-state index contributed by atoms with van der Waals surface area (Å²) in [5.74, 6) is 13.0. The third-order valence-electron chi connectivity index (χ3n) is 7.23. The van der Waals surface area contributed by atoms with Crippen LogP contribution in [0.1, 0.15) is 89.3 Å². The minimum Gasteiger partial charge on any atom is -0.258 e. The van der Waals surface area contributed by atoms with Crippen LogP contribution in [0, 0.1) is 33.8 Å². The van der Waals surface area contributed by atoms with Gasteiger partial charge in [-0.05, 0) is 68.7 Å². The van der Waals surface area contributed by atoms with Gasteiger partial charge < -0.3 is 0 Å². The molecule has 0 aromatic heterocycles. The van der Waals surface area contributed by atoms with Crippen molar-refractivity contribution < 1.29 is 13.3 Å². The Bertz CT molecular complexity index is 1770. The van der Waals surface area contributed by atoms with E-state index in [0.717, 1.165) is 16.7 Å². The Balaban J connectivity index is 0.00000177. The predicted molar refractivity (Wildman–Crippen MR) is 190 cm³/mol. The summed E-state index contributed by atoms with van der Waals surface area (Å²) in [6.45, 7) is 16.1. The summed E-state index contributed by atoms with van der Waals surface area (Å²) in [5.41, 5.74) is 2.54. The number of hydrogen-bond acceptors (Lipinski definition) is 4. The highest BCUT2D eigenvalue weighted by Gasteiger charge is 2.28. The maximum Gasteiger partial charge on any atom is 0.269 e. The van der Waals surface area contributed by atoms with Crippen molar-refractivity contribution >= 4 is 15.5 Å². The summed E-state index contributed by atoms with van der Waals surface area (Å²) < 4.78 is 27.0. The molecule has 4 aromatic carbocycles. The zero-order valence-electron chi connectivity index (χ0n) is 28.2. The van der Waals surface area contributed by atoms with Gasteiger partial charge in [0.2, 0.25) is 0 Å². The minimum absolute atomic E-state index is 0.0550. The number of rotatable bonds is 7. The molecule has 5 nitrogen and oxygen atoms in total. The monoisotopic (exact) mass is 635 g/mol. The van der Waals surface area contributed by atoms with Gasteiger partial charge >= 0.3 is 0 Å². The Kier molecular flexibility index (Phi) is 14.0. The van der Waals surface area contributed by atoms with Crippen molar-refractivity contribution in [3.05, 3.63) is 142 Å². The van der Waals surface area contributed by atoms with E-state index in [4.69, 9.17) is 0 Å². The first-order valence-corrected chi connectivity index (χ1v) is 17.2. The highest BCUT2D eigenvalue weighted by Crippen LogP contribution is 2.32. The summed E-state index contributed by atoms with van der Waals surface area (Å²) in [4.78, 5) is 10.9. The fourth-order valence-electron chi connectivity index (χ4n) is 4.52. The fraction of sp³-hybridized carbons (Fsp3) is 0.300. The van der Waals surface area contributed by atoms with Crippen molar-refractivity contribution in [2.45, 2.75) is 82.8 Å². The molecule has 0 saturated carbocycles. The van der Waals surface area contributed by atoms with E-state index in [2.05, 4.69) is 23.7 Å². The fourth-order valence-corrected chi connectivity index (χ4v) is 6.20. The molecule has 46 heavy (non-hydrogen) atoms. The molecule has 0 aliphatic rings. The van der Waals surface area contributed by atoms with Gasteiger partial charge in [-0.3, -0.25) is 10.1 Å². The van der Waals surface area contributed by atoms with Crippen LogP contribution in [0.25, 0.3) is 0 Å². The number of hydrogen-bond donors (Lipinski definition) is 0. The second-order valence-corrected chi connectivity index (χ2v) is 13.3. The molecular weight excluding hydrogens is 591 g/mol. The Morgan fingerprint density at radius 3 is 1.57 bits per heavy atom. The number of non-ortho nitro benzene ring substituents is 1. The molecule has 0 aliphatic carbocycles. The molecule has 0 aliphatic heterocycles. The average Bonchev–Trinajstić information content (AvgIpc) is 3.08. The zero-order valence-corrected chi connectivity index (χ0v) is 29.0. The Morgan fingerprint density at radius 1 is 0.674 bits per heavy atom. The van der Waals surface area contributed by atoms with Crippen LogP contribution in [-0.4, -0.2) is 13.3 Å². The number of sulfone groups is 1. The largest absolute Gasteiger partial charge is 0.269 e. The summed E-state index contributed by atoms with van der Waals surface area (Å²) >= 11 is 0. The molecule has 0 bridgehead atoms. The van der Waals surface area contributed by atoms with Crippen LogP contribution in [0.5, 0.6) is 0 Å². The minimum atomic E-state index is -3.63. The van der Waals surface area contributed by atoms with Crippen molar-refractivity contribution in [1.29, 1.82) is 0 Å². The number of benzene rings is 4. The van der Waals surface area contributed by atoms with Gasteiger partial charge in [0.1, 0.15) is 5.25 Å². The molecule has 0 spiro atoms. The van der Waals surface area contributed by atoms with E-state index >= 15 is 0 Å². The van der Waals surface area contributed by atoms with Gasteiger partial charge in [0, 0.05) is 24.1 Å². The molecule has 0 saturated heterocycles. The number of nitrogens with zero attached hydrogens (tertiary/aromatic N) is 1. The molecule has 6 heteroatoms. The summed E-state index contributed by atoms with van der Waals surface area (Å²) in [6, 6.07) is 32.0. The van der Waals surface area contributed by atoms with Gasteiger partial charge in [0.05, 0.1) is 20.6 Å². The second kappa shape index (κ2) is 17.2. The van der Waals surface area contributed by atoms with E-state index < -0.39 is 30.8 Å². The number of nitro groups is 1. The summed E-state index contributed by atoms with van der Waals surface area (Å²) in [7, 11) is -3.63. The first-order valence-electron chi connectivity index (χ1n) is 15.6. The van der Waals surface area contributed by atoms with E-state index in [1.165, 1.54) is 12.1 Å². The van der Waals surface area contributed by atoms with Gasteiger partial charge in [-0.15, -0.1) is 0 Å². The van der Waals surface area contributed by atoms with Gasteiger partial charge in [-0.2, -0.15) is 0 Å². The Labute approximate surface area is 276 Å². The van der Waals surface area contributed by atoms with Crippen LogP contribution in [0.15, 0.2) is 114 Å². The van der Waals surface area contributed by atoms with E-state index in [9.17, 15) is 18.5 Å². The van der Waals surface area contributed by atoms with Crippen LogP contribution in [0.4, 0.5) is 5.69 Å². The predicted octanol–water partition coefficient (Wildman–Crippen LogP) is 9.86. The lowest BCUT2D eigenvalue weighted by molar-refractivity contribution is -0.384. The van der Waals surface area contributed by atoms with E-state index in [1.54, 1.807) is 42.5 Å². The molecule has 4 aromatic rings. The summed E-state index contributed by atoms with van der Waals surface area (Å²) in [5, 5.41) is 10.2. The molecule has 1 unspecified atom stereocenters. The number of nitro benzene ring substituents is 1. The highest BCUT2D eigenvalue weighted by atomic mass is 32.2. The topological polar surface area (TPSA) is 77.3 Å². The smallest absolute Gasteiger partial charge is 0.258 e. The molecular formula is C40H45NO4S. The van der Waals surface area contributed by atoms with Crippen molar-refractivity contribution in [3.8, 4) is 23.7 Å². The maximum absolute atomic E-state index is 13.5. The van der Waals surface area contributed by atoms with Crippen LogP contribution >= 0.6 is 0 Å². The van der Waals surface area contributed by atoms with Gasteiger partial charge in [-0.25, -0.2) is 8.42 Å². The SMILES string of the molecule is CC.CC.CC(C)(C#CC(C)(C)c1ccc([N+](=O)[O-])cc1)c1ccc(C#CCC(c2ccccc2)S(=O)(=O)c2ccccc2)cc1. The van der Waals surface area contributed by atoms with Crippen molar-refractivity contribution in [3.63, 3.8) is 0 Å². The lowest BCUT2D eigenvalue weighted by atomic mass is 9.80. The first kappa shape index (κ1) is 37.5. The second-order valence-electron chi connectivity index (χ2n) is 11.1. The van der Waals surface area contributed by atoms with Crippen LogP contribution in [0.3, 0.4) is 0 Å². The molecule has 0 fully saturated rings. The molecule has 0 heterocycles. The standard InChI is InChI=1S/C36H33NO4S.2C2H6/c1-35(2,26-27-36(3,4)31-22-24-32(25-23-31)37(38)39)30-20-18-28(19-21-30)12-11-17-34(29-13-7-5-8-14-29)42(40,41)33-15-9-6-10-16-33;2*1-2/h5-10,13-16,18-25,34H,17H2,1-4H3;2*1-2H3. The highest BCUT2D eigenvalue weighted by molar-refractivity contribution is 7.91. The van der Waals surface area contributed by atoms with E-state index in [-0.39, 0.29) is 17.0 Å². The van der Waals surface area contributed by atoms with Crippen molar-refractivity contribution in [1.82, 2.24) is 0 Å². The zero-order chi connectivity index (χ0) is 34.4. The van der Waals surface area contributed by atoms with E-state index in [1.807, 2.05) is 110 Å². The van der Waals surface area contributed by atoms with Crippen molar-refractivity contribution in [2.75, 3.05) is 0 Å². The average molecular weight is 636 g/mol.